The van der Waals surface area contributed by atoms with E-state index in [9.17, 15) is 0 Å². The Balaban J connectivity index is 1.59. The summed E-state index contributed by atoms with van der Waals surface area (Å²) in [5.74, 6) is 2.42. The molecule has 0 saturated heterocycles. The lowest BCUT2D eigenvalue weighted by molar-refractivity contribution is 0.463. The summed E-state index contributed by atoms with van der Waals surface area (Å²) < 4.78 is 5.98. The van der Waals surface area contributed by atoms with Crippen LogP contribution in [0.4, 0.5) is 17.2 Å². The van der Waals surface area contributed by atoms with Crippen LogP contribution in [0, 0.1) is 0 Å². The Morgan fingerprint density at radius 3 is 2.50 bits per heavy atom. The van der Waals surface area contributed by atoms with E-state index in [0.717, 1.165) is 18.0 Å². The number of rotatable bonds is 3. The zero-order valence-electron chi connectivity index (χ0n) is 15.0. The van der Waals surface area contributed by atoms with E-state index in [1.54, 1.807) is 0 Å². The average Bonchev–Trinajstić information content (AvgIpc) is 3.16. The molecule has 0 N–H and O–H groups in total. The van der Waals surface area contributed by atoms with Crippen molar-refractivity contribution in [1.82, 2.24) is 4.98 Å². The smallest absolute Gasteiger partial charge is 0.221 e. The van der Waals surface area contributed by atoms with E-state index in [2.05, 4.69) is 54.0 Å². The van der Waals surface area contributed by atoms with E-state index in [4.69, 9.17) is 9.72 Å². The number of benzene rings is 2. The molecule has 2 aliphatic heterocycles. The summed E-state index contributed by atoms with van der Waals surface area (Å²) in [6.45, 7) is 4.48. The molecule has 0 saturated carbocycles. The van der Waals surface area contributed by atoms with Crippen LogP contribution in [0.15, 0.2) is 66.7 Å². The molecule has 2 aliphatic rings. The Labute approximate surface area is 153 Å². The molecule has 4 nitrogen and oxygen atoms in total. The molecule has 1 aromatic heterocycles. The summed E-state index contributed by atoms with van der Waals surface area (Å²) in [5.41, 5.74) is 3.82. The zero-order chi connectivity index (χ0) is 17.7. The van der Waals surface area contributed by atoms with Crippen molar-refractivity contribution >= 4 is 17.2 Å². The van der Waals surface area contributed by atoms with Gasteiger partial charge in [0.15, 0.2) is 5.82 Å². The van der Waals surface area contributed by atoms with Gasteiger partial charge in [-0.15, -0.1) is 0 Å². The van der Waals surface area contributed by atoms with Gasteiger partial charge in [-0.25, -0.2) is 0 Å². The van der Waals surface area contributed by atoms with Gasteiger partial charge in [0.05, 0.1) is 5.69 Å². The number of hydrogen-bond acceptors (Lipinski definition) is 4. The molecule has 0 aliphatic carbocycles. The van der Waals surface area contributed by atoms with Crippen molar-refractivity contribution in [2.24, 2.45) is 0 Å². The maximum absolute atomic E-state index is 5.98. The Bertz CT molecular complexity index is 955. The van der Waals surface area contributed by atoms with Crippen molar-refractivity contribution in [2.75, 3.05) is 9.80 Å². The van der Waals surface area contributed by atoms with Crippen LogP contribution in [0.1, 0.15) is 19.4 Å². The lowest BCUT2D eigenvalue weighted by Crippen LogP contribution is -2.43. The summed E-state index contributed by atoms with van der Waals surface area (Å²) in [6, 6.07) is 22.9. The fourth-order valence-electron chi connectivity index (χ4n) is 4.10. The normalized spacial score (nSPS) is 17.3. The number of fused-ring (bicyclic) bond motifs is 5. The minimum absolute atomic E-state index is 0.293. The third-order valence-corrected chi connectivity index (χ3v) is 5.13. The van der Waals surface area contributed by atoms with Gasteiger partial charge in [0.1, 0.15) is 11.9 Å². The quantitative estimate of drug-likeness (QED) is 0.660. The lowest BCUT2D eigenvalue weighted by atomic mass is 10.1. The van der Waals surface area contributed by atoms with Gasteiger partial charge in [0.25, 0.3) is 0 Å². The first-order valence-electron chi connectivity index (χ1n) is 9.12. The van der Waals surface area contributed by atoms with Gasteiger partial charge in [-0.1, -0.05) is 36.4 Å². The topological polar surface area (TPSA) is 28.6 Å². The van der Waals surface area contributed by atoms with E-state index in [-0.39, 0.29) is 0 Å². The highest BCUT2D eigenvalue weighted by Gasteiger charge is 2.44. The van der Waals surface area contributed by atoms with Crippen LogP contribution in [-0.2, 0) is 6.42 Å². The fourth-order valence-corrected chi connectivity index (χ4v) is 4.10. The number of para-hydroxylation sites is 2. The van der Waals surface area contributed by atoms with Crippen molar-refractivity contribution in [3.05, 3.63) is 72.3 Å². The van der Waals surface area contributed by atoms with E-state index < -0.39 is 0 Å². The number of anilines is 3. The van der Waals surface area contributed by atoms with Crippen LogP contribution in [-0.4, -0.2) is 17.2 Å². The molecule has 3 heterocycles. The van der Waals surface area contributed by atoms with E-state index >= 15 is 0 Å². The predicted octanol–water partition coefficient (Wildman–Crippen LogP) is 5.12. The second-order valence-electron chi connectivity index (χ2n) is 7.09. The Kier molecular flexibility index (Phi) is 3.38. The lowest BCUT2D eigenvalue weighted by Gasteiger charge is -2.30. The van der Waals surface area contributed by atoms with E-state index in [1.807, 2.05) is 36.4 Å². The first kappa shape index (κ1) is 15.3. The maximum atomic E-state index is 5.98. The maximum Gasteiger partial charge on any atom is 0.221 e. The first-order valence-corrected chi connectivity index (χ1v) is 9.12. The average molecular weight is 343 g/mol. The van der Waals surface area contributed by atoms with Crippen LogP contribution < -0.4 is 14.5 Å². The summed E-state index contributed by atoms with van der Waals surface area (Å²) >= 11 is 0. The Hall–Kier alpha value is -3.01. The summed E-state index contributed by atoms with van der Waals surface area (Å²) in [6.07, 6.45) is 1.31. The highest BCUT2D eigenvalue weighted by molar-refractivity contribution is 5.85. The second kappa shape index (κ2) is 5.77. The SMILES string of the molecule is CC(C)N1c2ccc(Oc3ccccc3)nc2N2c3ccccc3CC21. The molecule has 1 unspecified atom stereocenters. The molecule has 0 spiro atoms. The second-order valence-corrected chi connectivity index (χ2v) is 7.09. The zero-order valence-corrected chi connectivity index (χ0v) is 15.0. The fraction of sp³-hybridized carbons (Fsp3) is 0.227. The van der Waals surface area contributed by atoms with Crippen molar-refractivity contribution in [3.63, 3.8) is 0 Å². The summed E-state index contributed by atoms with van der Waals surface area (Å²) in [5, 5.41) is 0. The minimum atomic E-state index is 0.293. The molecule has 130 valence electrons. The van der Waals surface area contributed by atoms with Crippen LogP contribution >= 0.6 is 0 Å². The van der Waals surface area contributed by atoms with Crippen LogP contribution in [0.5, 0.6) is 11.6 Å². The van der Waals surface area contributed by atoms with Crippen LogP contribution in [0.2, 0.25) is 0 Å². The minimum Gasteiger partial charge on any atom is -0.439 e. The van der Waals surface area contributed by atoms with Gasteiger partial charge in [0, 0.05) is 24.2 Å². The molecular weight excluding hydrogens is 322 g/mol. The summed E-state index contributed by atoms with van der Waals surface area (Å²) in [4.78, 5) is 9.72. The first-order chi connectivity index (χ1) is 12.7. The van der Waals surface area contributed by atoms with Crippen molar-refractivity contribution < 1.29 is 4.74 Å². The molecule has 4 heteroatoms. The highest BCUT2D eigenvalue weighted by Crippen LogP contribution is 2.50. The molecule has 0 radical (unpaired) electrons. The van der Waals surface area contributed by atoms with Crippen LogP contribution in [0.3, 0.4) is 0 Å². The van der Waals surface area contributed by atoms with E-state index in [0.29, 0.717) is 18.1 Å². The van der Waals surface area contributed by atoms with Crippen molar-refractivity contribution in [2.45, 2.75) is 32.5 Å². The molecule has 2 aromatic carbocycles. The number of ether oxygens (including phenoxy) is 1. The Morgan fingerprint density at radius 1 is 0.923 bits per heavy atom. The molecule has 1 atom stereocenters. The van der Waals surface area contributed by atoms with Crippen molar-refractivity contribution in [1.29, 1.82) is 0 Å². The molecular formula is C22H21N3O. The standard InChI is InChI=1S/C22H21N3O/c1-15(2)24-19-12-13-20(26-17-9-4-3-5-10-17)23-22(19)25-18-11-7-6-8-16(18)14-21(24)25/h3-13,15,21H,14H2,1-2H3. The van der Waals surface area contributed by atoms with Gasteiger partial charge in [-0.2, -0.15) is 4.98 Å². The molecule has 0 amide bonds. The van der Waals surface area contributed by atoms with Gasteiger partial charge in [-0.3, -0.25) is 0 Å². The molecule has 0 bridgehead atoms. The molecule has 3 aromatic rings. The van der Waals surface area contributed by atoms with Gasteiger partial charge >= 0.3 is 0 Å². The third-order valence-electron chi connectivity index (χ3n) is 5.13. The van der Waals surface area contributed by atoms with Gasteiger partial charge in [-0.05, 0) is 43.7 Å². The number of aromatic nitrogens is 1. The van der Waals surface area contributed by atoms with Crippen LogP contribution in [0.25, 0.3) is 0 Å². The molecule has 5 rings (SSSR count). The molecule has 0 fully saturated rings. The van der Waals surface area contributed by atoms with E-state index in [1.165, 1.54) is 16.9 Å². The largest absolute Gasteiger partial charge is 0.439 e. The third kappa shape index (κ3) is 2.25. The number of hydrogen-bond donors (Lipinski definition) is 0. The van der Waals surface area contributed by atoms with Crippen molar-refractivity contribution in [3.8, 4) is 11.6 Å². The number of nitrogens with zero attached hydrogens (tertiary/aromatic N) is 3. The Morgan fingerprint density at radius 2 is 1.69 bits per heavy atom. The predicted molar refractivity (Wildman–Crippen MR) is 104 cm³/mol. The monoisotopic (exact) mass is 343 g/mol. The molecule has 26 heavy (non-hydrogen) atoms. The van der Waals surface area contributed by atoms with Gasteiger partial charge in [0.2, 0.25) is 5.88 Å². The highest BCUT2D eigenvalue weighted by atomic mass is 16.5. The summed E-state index contributed by atoms with van der Waals surface area (Å²) in [7, 11) is 0. The van der Waals surface area contributed by atoms with Gasteiger partial charge < -0.3 is 14.5 Å². The number of pyridine rings is 1.